The van der Waals surface area contributed by atoms with Crippen molar-refractivity contribution >= 4 is 19.9 Å². The summed E-state index contributed by atoms with van der Waals surface area (Å²) in [5.74, 6) is -0.189. The predicted molar refractivity (Wildman–Crippen MR) is 81.4 cm³/mol. The summed E-state index contributed by atoms with van der Waals surface area (Å²) >= 11 is 0. The van der Waals surface area contributed by atoms with Gasteiger partial charge in [-0.15, -0.1) is 0 Å². The van der Waals surface area contributed by atoms with Crippen LogP contribution in [-0.4, -0.2) is 63.1 Å². The molecule has 1 atom stereocenters. The zero-order chi connectivity index (χ0) is 15.1. The quantitative estimate of drug-likeness (QED) is 0.774. The molecule has 3 rings (SSSR count). The first-order valence-corrected chi connectivity index (χ1v) is 11.1. The van der Waals surface area contributed by atoms with Crippen molar-refractivity contribution < 1.29 is 16.8 Å². The molecule has 21 heavy (non-hydrogen) atoms. The van der Waals surface area contributed by atoms with Crippen molar-refractivity contribution in [1.29, 1.82) is 0 Å². The number of rotatable bonds is 2. The molecule has 0 amide bonds. The van der Waals surface area contributed by atoms with E-state index in [1.165, 1.54) is 0 Å². The number of hydrogen-bond acceptors (Lipinski definition) is 5. The van der Waals surface area contributed by atoms with Crippen LogP contribution in [0, 0.1) is 0 Å². The smallest absolute Gasteiger partial charge is 0.218 e. The van der Waals surface area contributed by atoms with E-state index in [4.69, 9.17) is 0 Å². The van der Waals surface area contributed by atoms with Crippen molar-refractivity contribution in [3.05, 3.63) is 0 Å². The van der Waals surface area contributed by atoms with Gasteiger partial charge in [-0.25, -0.2) is 16.8 Å². The maximum atomic E-state index is 13.0. The third-order valence-electron chi connectivity index (χ3n) is 5.18. The van der Waals surface area contributed by atoms with Gasteiger partial charge in [-0.05, 0) is 19.3 Å². The van der Waals surface area contributed by atoms with E-state index < -0.39 is 25.1 Å². The highest BCUT2D eigenvalue weighted by Gasteiger charge is 2.50. The van der Waals surface area contributed by atoms with Crippen LogP contribution in [0.4, 0.5) is 0 Å². The summed E-state index contributed by atoms with van der Waals surface area (Å²) < 4.78 is 50.9. The summed E-state index contributed by atoms with van der Waals surface area (Å²) in [6.45, 7) is 1.82. The highest BCUT2D eigenvalue weighted by Crippen LogP contribution is 2.38. The summed E-state index contributed by atoms with van der Waals surface area (Å²) in [4.78, 5) is 0. The second-order valence-electron chi connectivity index (χ2n) is 6.60. The first kappa shape index (κ1) is 15.7. The molecule has 0 radical (unpaired) electrons. The summed E-state index contributed by atoms with van der Waals surface area (Å²) in [5, 5.41) is 2.59. The lowest BCUT2D eigenvalue weighted by molar-refractivity contribution is 0.100. The van der Waals surface area contributed by atoms with E-state index in [1.54, 1.807) is 4.31 Å². The summed E-state index contributed by atoms with van der Waals surface area (Å²) in [5.41, 5.74) is -0.318. The Labute approximate surface area is 127 Å². The minimum atomic E-state index is -3.53. The van der Waals surface area contributed by atoms with Crippen molar-refractivity contribution in [2.45, 2.75) is 49.3 Å². The molecular weight excluding hydrogens is 312 g/mol. The van der Waals surface area contributed by atoms with Gasteiger partial charge in [0.25, 0.3) is 0 Å². The summed E-state index contributed by atoms with van der Waals surface area (Å²) in [6, 6.07) is 0. The molecule has 2 aliphatic heterocycles. The van der Waals surface area contributed by atoms with Crippen LogP contribution in [0.1, 0.15) is 38.5 Å². The van der Waals surface area contributed by atoms with Gasteiger partial charge in [0.2, 0.25) is 10.0 Å². The molecule has 0 aromatic heterocycles. The predicted octanol–water partition coefficient (Wildman–Crippen LogP) is 0.111. The van der Waals surface area contributed by atoms with Crippen LogP contribution in [0.15, 0.2) is 0 Å². The van der Waals surface area contributed by atoms with Gasteiger partial charge >= 0.3 is 0 Å². The molecule has 0 aromatic carbocycles. The zero-order valence-electron chi connectivity index (χ0n) is 12.3. The Balaban J connectivity index is 1.89. The Kier molecular flexibility index (Phi) is 4.09. The third kappa shape index (κ3) is 2.87. The lowest BCUT2D eigenvalue weighted by Gasteiger charge is -2.49. The topological polar surface area (TPSA) is 83.5 Å². The van der Waals surface area contributed by atoms with Crippen molar-refractivity contribution in [3.8, 4) is 0 Å². The van der Waals surface area contributed by atoms with E-state index in [9.17, 15) is 16.8 Å². The molecule has 3 fully saturated rings. The molecule has 0 aromatic rings. The fourth-order valence-electron chi connectivity index (χ4n) is 4.04. The highest BCUT2D eigenvalue weighted by molar-refractivity contribution is 7.95. The highest BCUT2D eigenvalue weighted by atomic mass is 32.2. The molecular formula is C13H24N2O4S2. The summed E-state index contributed by atoms with van der Waals surface area (Å²) in [7, 11) is -6.71. The second kappa shape index (κ2) is 5.47. The number of sulfonamides is 1. The maximum Gasteiger partial charge on any atom is 0.218 e. The van der Waals surface area contributed by atoms with E-state index in [2.05, 4.69) is 5.32 Å². The standard InChI is InChI=1S/C13H24N2O4S2/c16-20(17)9-4-12(10-20)21(18,19)15-8-7-14-11-13(15)5-2-1-3-6-13/h12,14H,1-11H2. The van der Waals surface area contributed by atoms with E-state index >= 15 is 0 Å². The molecule has 8 heteroatoms. The minimum Gasteiger partial charge on any atom is -0.314 e. The molecule has 2 heterocycles. The Morgan fingerprint density at radius 3 is 2.48 bits per heavy atom. The number of nitrogens with zero attached hydrogens (tertiary/aromatic N) is 1. The SMILES string of the molecule is O=S1(=O)CCC(S(=O)(=O)N2CCNCC23CCCCC3)C1. The second-order valence-corrected chi connectivity index (χ2v) is 11.0. The Bertz CT molecular complexity index is 585. The molecule has 6 nitrogen and oxygen atoms in total. The van der Waals surface area contributed by atoms with E-state index in [0.717, 1.165) is 32.1 Å². The molecule has 1 saturated carbocycles. The number of piperazine rings is 1. The molecule has 3 aliphatic rings. The van der Waals surface area contributed by atoms with Crippen LogP contribution >= 0.6 is 0 Å². The van der Waals surface area contributed by atoms with Gasteiger partial charge in [-0.2, -0.15) is 4.31 Å². The van der Waals surface area contributed by atoms with Crippen molar-refractivity contribution in [2.24, 2.45) is 0 Å². The minimum absolute atomic E-state index is 0.00991. The summed E-state index contributed by atoms with van der Waals surface area (Å²) in [6.07, 6.45) is 5.29. The van der Waals surface area contributed by atoms with Gasteiger partial charge in [0.1, 0.15) is 0 Å². The van der Waals surface area contributed by atoms with Gasteiger partial charge in [-0.1, -0.05) is 19.3 Å². The van der Waals surface area contributed by atoms with Gasteiger partial charge < -0.3 is 5.32 Å². The average molecular weight is 336 g/mol. The Hall–Kier alpha value is -0.180. The van der Waals surface area contributed by atoms with Crippen LogP contribution in [-0.2, 0) is 19.9 Å². The molecule has 1 aliphatic carbocycles. The molecule has 1 unspecified atom stereocenters. The normalized spacial score (nSPS) is 33.2. The molecule has 1 N–H and O–H groups in total. The lowest BCUT2D eigenvalue weighted by Crippen LogP contribution is -2.64. The van der Waals surface area contributed by atoms with Gasteiger partial charge in [0.15, 0.2) is 9.84 Å². The lowest BCUT2D eigenvalue weighted by atomic mass is 9.80. The first-order valence-electron chi connectivity index (χ1n) is 7.79. The van der Waals surface area contributed by atoms with E-state index in [1.807, 2.05) is 0 Å². The van der Waals surface area contributed by atoms with Crippen LogP contribution in [0.3, 0.4) is 0 Å². The molecule has 122 valence electrons. The number of sulfone groups is 1. The number of hydrogen-bond donors (Lipinski definition) is 1. The zero-order valence-corrected chi connectivity index (χ0v) is 13.9. The molecule has 0 bridgehead atoms. The Morgan fingerprint density at radius 1 is 1.14 bits per heavy atom. The fraction of sp³-hybridized carbons (Fsp3) is 1.00. The first-order chi connectivity index (χ1) is 9.86. The van der Waals surface area contributed by atoms with Gasteiger partial charge in [-0.3, -0.25) is 0 Å². The largest absolute Gasteiger partial charge is 0.314 e. The number of nitrogens with one attached hydrogen (secondary N) is 1. The maximum absolute atomic E-state index is 13.0. The molecule has 1 spiro atoms. The van der Waals surface area contributed by atoms with Crippen molar-refractivity contribution in [3.63, 3.8) is 0 Å². The monoisotopic (exact) mass is 336 g/mol. The molecule has 2 saturated heterocycles. The van der Waals surface area contributed by atoms with Gasteiger partial charge in [0, 0.05) is 25.2 Å². The van der Waals surface area contributed by atoms with Crippen molar-refractivity contribution in [2.75, 3.05) is 31.1 Å². The van der Waals surface area contributed by atoms with E-state index in [-0.39, 0.29) is 23.5 Å². The van der Waals surface area contributed by atoms with Gasteiger partial charge in [0.05, 0.1) is 16.8 Å². The van der Waals surface area contributed by atoms with Crippen LogP contribution < -0.4 is 5.32 Å². The van der Waals surface area contributed by atoms with Crippen LogP contribution in [0.25, 0.3) is 0 Å². The third-order valence-corrected chi connectivity index (χ3v) is 9.59. The fourth-order valence-corrected chi connectivity index (χ4v) is 8.95. The Morgan fingerprint density at radius 2 is 1.86 bits per heavy atom. The van der Waals surface area contributed by atoms with E-state index in [0.29, 0.717) is 19.6 Å². The van der Waals surface area contributed by atoms with Crippen LogP contribution in [0.5, 0.6) is 0 Å². The average Bonchev–Trinajstić information content (AvgIpc) is 2.81. The van der Waals surface area contributed by atoms with Crippen LogP contribution in [0.2, 0.25) is 0 Å². The van der Waals surface area contributed by atoms with Crippen molar-refractivity contribution in [1.82, 2.24) is 9.62 Å².